The van der Waals surface area contributed by atoms with Crippen LogP contribution in [0.3, 0.4) is 0 Å². The Morgan fingerprint density at radius 2 is 1.94 bits per heavy atom. The fraction of sp³-hybridized carbons (Fsp3) is 0.190. The van der Waals surface area contributed by atoms with Crippen molar-refractivity contribution in [3.8, 4) is 11.5 Å². The molecule has 3 amide bonds. The van der Waals surface area contributed by atoms with E-state index in [1.807, 2.05) is 0 Å². The van der Waals surface area contributed by atoms with Crippen LogP contribution in [0.4, 0.5) is 23.7 Å². The number of carbonyl (C=O) groups is 3. The Kier molecular flexibility index (Phi) is 6.78. The number of hydrogen-bond donors (Lipinski definition) is 2. The molecule has 7 nitrogen and oxygen atoms in total. The molecule has 0 aliphatic carbocycles. The van der Waals surface area contributed by atoms with E-state index in [2.05, 4.69) is 5.32 Å². The standard InChI is InChI=1S/C21H17F3N2O5S/c1-2-31-15-8-3-5-12(18(15)28)9-16-19(29)26(20(30)32-16)11-17(27)25-14-7-4-6-13(10-14)21(22,23)24/h3-10,28H,2,11H2,1H3,(H,25,27)/b16-9-. The van der Waals surface area contributed by atoms with Crippen LogP contribution >= 0.6 is 11.8 Å². The van der Waals surface area contributed by atoms with E-state index in [0.29, 0.717) is 23.3 Å². The molecule has 0 atom stereocenters. The lowest BCUT2D eigenvalue weighted by molar-refractivity contribution is -0.137. The molecule has 1 aliphatic rings. The maximum Gasteiger partial charge on any atom is 0.416 e. The predicted octanol–water partition coefficient (Wildman–Crippen LogP) is 4.48. The number of para-hydroxylation sites is 1. The van der Waals surface area contributed by atoms with Crippen LogP contribution < -0.4 is 10.1 Å². The average Bonchev–Trinajstić information content (AvgIpc) is 2.98. The molecule has 11 heteroatoms. The second kappa shape index (κ2) is 9.35. The van der Waals surface area contributed by atoms with Gasteiger partial charge in [-0.15, -0.1) is 0 Å². The van der Waals surface area contributed by atoms with Crippen molar-refractivity contribution >= 4 is 40.6 Å². The van der Waals surface area contributed by atoms with Gasteiger partial charge in [-0.1, -0.05) is 18.2 Å². The predicted molar refractivity (Wildman–Crippen MR) is 112 cm³/mol. The highest BCUT2D eigenvalue weighted by molar-refractivity contribution is 8.18. The molecule has 0 bridgehead atoms. The van der Waals surface area contributed by atoms with Crippen LogP contribution in [0.5, 0.6) is 11.5 Å². The van der Waals surface area contributed by atoms with Gasteiger partial charge in [0.15, 0.2) is 11.5 Å². The number of carbonyl (C=O) groups excluding carboxylic acids is 3. The first kappa shape index (κ1) is 23.2. The molecule has 1 fully saturated rings. The lowest BCUT2D eigenvalue weighted by Gasteiger charge is -2.13. The van der Waals surface area contributed by atoms with Crippen molar-refractivity contribution in [3.05, 3.63) is 58.5 Å². The maximum absolute atomic E-state index is 12.8. The number of anilines is 1. The zero-order valence-corrected chi connectivity index (χ0v) is 17.4. The minimum atomic E-state index is -4.58. The summed E-state index contributed by atoms with van der Waals surface area (Å²) in [5.41, 5.74) is -0.821. The molecule has 3 rings (SSSR count). The molecule has 2 N–H and O–H groups in total. The largest absolute Gasteiger partial charge is 0.504 e. The van der Waals surface area contributed by atoms with Gasteiger partial charge < -0.3 is 15.2 Å². The van der Waals surface area contributed by atoms with Crippen molar-refractivity contribution in [2.75, 3.05) is 18.5 Å². The summed E-state index contributed by atoms with van der Waals surface area (Å²) in [4.78, 5) is 37.7. The number of hydrogen-bond acceptors (Lipinski definition) is 6. The number of benzene rings is 2. The van der Waals surface area contributed by atoms with Gasteiger partial charge in [0.2, 0.25) is 5.91 Å². The highest BCUT2D eigenvalue weighted by Gasteiger charge is 2.36. The number of amides is 3. The van der Waals surface area contributed by atoms with E-state index < -0.39 is 35.3 Å². The number of alkyl halides is 3. The first-order valence-electron chi connectivity index (χ1n) is 9.27. The molecule has 0 spiro atoms. The summed E-state index contributed by atoms with van der Waals surface area (Å²) >= 11 is 0.576. The topological polar surface area (TPSA) is 95.9 Å². The Morgan fingerprint density at radius 3 is 2.62 bits per heavy atom. The normalized spacial score (nSPS) is 15.4. The minimum Gasteiger partial charge on any atom is -0.504 e. The van der Waals surface area contributed by atoms with Crippen molar-refractivity contribution in [1.29, 1.82) is 0 Å². The van der Waals surface area contributed by atoms with Crippen molar-refractivity contribution in [2.45, 2.75) is 13.1 Å². The summed E-state index contributed by atoms with van der Waals surface area (Å²) < 4.78 is 43.7. The van der Waals surface area contributed by atoms with Crippen LogP contribution in [0.25, 0.3) is 6.08 Å². The molecular formula is C21H17F3N2O5S. The summed E-state index contributed by atoms with van der Waals surface area (Å²) in [5, 5.41) is 11.8. The van der Waals surface area contributed by atoms with Crippen molar-refractivity contribution in [2.24, 2.45) is 0 Å². The molecule has 0 radical (unpaired) electrons. The quantitative estimate of drug-likeness (QED) is 0.610. The third kappa shape index (κ3) is 5.22. The summed E-state index contributed by atoms with van der Waals surface area (Å²) in [5.74, 6) is -1.60. The Labute approximate surface area is 184 Å². The number of ether oxygens (including phenoxy) is 1. The molecule has 1 heterocycles. The second-order valence-corrected chi connectivity index (χ2v) is 7.51. The minimum absolute atomic E-state index is 0.0224. The number of rotatable bonds is 6. The number of aromatic hydroxyl groups is 1. The zero-order valence-electron chi connectivity index (χ0n) is 16.6. The molecular weight excluding hydrogens is 449 g/mol. The van der Waals surface area contributed by atoms with E-state index >= 15 is 0 Å². The van der Waals surface area contributed by atoms with Crippen LogP contribution in [0.2, 0.25) is 0 Å². The molecule has 32 heavy (non-hydrogen) atoms. The maximum atomic E-state index is 12.8. The highest BCUT2D eigenvalue weighted by Crippen LogP contribution is 2.37. The SMILES string of the molecule is CCOc1cccc(/C=C2\SC(=O)N(CC(=O)Nc3cccc(C(F)(F)F)c3)C2=O)c1O. The number of phenolic OH excluding ortho intramolecular Hbond substituents is 1. The van der Waals surface area contributed by atoms with E-state index in [1.165, 1.54) is 18.2 Å². The summed E-state index contributed by atoms with van der Waals surface area (Å²) in [6.45, 7) is 1.37. The molecule has 1 saturated heterocycles. The van der Waals surface area contributed by atoms with E-state index in [0.717, 1.165) is 18.2 Å². The van der Waals surface area contributed by atoms with Crippen LogP contribution in [0.15, 0.2) is 47.4 Å². The Morgan fingerprint density at radius 1 is 1.22 bits per heavy atom. The van der Waals surface area contributed by atoms with Gasteiger partial charge in [0.05, 0.1) is 17.1 Å². The monoisotopic (exact) mass is 466 g/mol. The van der Waals surface area contributed by atoms with Gasteiger partial charge in [-0.2, -0.15) is 13.2 Å². The fourth-order valence-electron chi connectivity index (χ4n) is 2.82. The van der Waals surface area contributed by atoms with E-state index in [-0.39, 0.29) is 27.7 Å². The van der Waals surface area contributed by atoms with Gasteiger partial charge in [0, 0.05) is 11.3 Å². The molecule has 0 saturated carbocycles. The number of phenols is 1. The van der Waals surface area contributed by atoms with Gasteiger partial charge in [-0.05, 0) is 49.0 Å². The average molecular weight is 466 g/mol. The summed E-state index contributed by atoms with van der Waals surface area (Å²) in [7, 11) is 0. The van der Waals surface area contributed by atoms with Gasteiger partial charge in [-0.3, -0.25) is 19.3 Å². The number of thioether (sulfide) groups is 1. The van der Waals surface area contributed by atoms with E-state index in [4.69, 9.17) is 4.74 Å². The lowest BCUT2D eigenvalue weighted by Crippen LogP contribution is -2.36. The first-order chi connectivity index (χ1) is 15.1. The van der Waals surface area contributed by atoms with Crippen molar-refractivity contribution in [3.63, 3.8) is 0 Å². The van der Waals surface area contributed by atoms with Crippen LogP contribution in [-0.4, -0.2) is 40.2 Å². The van der Waals surface area contributed by atoms with Gasteiger partial charge in [0.25, 0.3) is 11.1 Å². The van der Waals surface area contributed by atoms with Crippen molar-refractivity contribution in [1.82, 2.24) is 4.90 Å². The van der Waals surface area contributed by atoms with Crippen LogP contribution in [0, 0.1) is 0 Å². The van der Waals surface area contributed by atoms with E-state index in [9.17, 15) is 32.7 Å². The second-order valence-electron chi connectivity index (χ2n) is 6.52. The third-order valence-electron chi connectivity index (χ3n) is 4.27. The number of imide groups is 1. The molecule has 0 unspecified atom stereocenters. The molecule has 0 aromatic heterocycles. The number of nitrogens with one attached hydrogen (secondary N) is 1. The summed E-state index contributed by atoms with van der Waals surface area (Å²) in [6.07, 6.45) is -3.28. The molecule has 2 aromatic carbocycles. The van der Waals surface area contributed by atoms with Gasteiger partial charge >= 0.3 is 6.18 Å². The molecule has 2 aromatic rings. The number of halogens is 3. The smallest absolute Gasteiger partial charge is 0.416 e. The van der Waals surface area contributed by atoms with Crippen LogP contribution in [-0.2, 0) is 15.8 Å². The first-order valence-corrected chi connectivity index (χ1v) is 10.1. The lowest BCUT2D eigenvalue weighted by atomic mass is 10.1. The zero-order chi connectivity index (χ0) is 23.5. The third-order valence-corrected chi connectivity index (χ3v) is 5.17. The number of nitrogens with zero attached hydrogens (tertiary/aromatic N) is 1. The Balaban J connectivity index is 1.72. The Bertz CT molecular complexity index is 1100. The van der Waals surface area contributed by atoms with Gasteiger partial charge in [-0.25, -0.2) is 0 Å². The van der Waals surface area contributed by atoms with E-state index in [1.54, 1.807) is 19.1 Å². The molecule has 168 valence electrons. The Hall–Kier alpha value is -3.47. The fourth-order valence-corrected chi connectivity index (χ4v) is 3.65. The van der Waals surface area contributed by atoms with Crippen molar-refractivity contribution < 1.29 is 37.4 Å². The van der Waals surface area contributed by atoms with Crippen LogP contribution in [0.1, 0.15) is 18.1 Å². The molecule has 1 aliphatic heterocycles. The summed E-state index contributed by atoms with van der Waals surface area (Å²) in [6, 6.07) is 8.65. The van der Waals surface area contributed by atoms with Gasteiger partial charge in [0.1, 0.15) is 6.54 Å². The highest BCUT2D eigenvalue weighted by atomic mass is 32.2.